The van der Waals surface area contributed by atoms with Crippen molar-refractivity contribution in [3.05, 3.63) is 63.6 Å². The number of aryl methyl sites for hydroxylation is 1. The van der Waals surface area contributed by atoms with Gasteiger partial charge in [0.25, 0.3) is 5.69 Å². The highest BCUT2D eigenvalue weighted by Crippen LogP contribution is 2.38. The molecule has 10 heteroatoms. The van der Waals surface area contributed by atoms with Crippen molar-refractivity contribution in [3.8, 4) is 0 Å². The van der Waals surface area contributed by atoms with Gasteiger partial charge >= 0.3 is 0 Å². The van der Waals surface area contributed by atoms with E-state index in [1.165, 1.54) is 10.4 Å². The van der Waals surface area contributed by atoms with E-state index in [4.69, 9.17) is 0 Å². The van der Waals surface area contributed by atoms with E-state index in [0.29, 0.717) is 42.0 Å². The molecule has 0 N–H and O–H groups in total. The number of fused-ring (bicyclic) bond motifs is 1. The molecule has 3 aromatic rings. The lowest BCUT2D eigenvalue weighted by Gasteiger charge is -2.24. The van der Waals surface area contributed by atoms with Crippen LogP contribution in [-0.4, -0.2) is 38.8 Å². The maximum Gasteiger partial charge on any atom is 0.271 e. The number of nitro benzene ring substituents is 1. The van der Waals surface area contributed by atoms with E-state index in [1.807, 2.05) is 12.1 Å². The van der Waals surface area contributed by atoms with Crippen LogP contribution in [0.1, 0.15) is 35.8 Å². The summed E-state index contributed by atoms with van der Waals surface area (Å²) in [6.45, 7) is 3.67. The summed E-state index contributed by atoms with van der Waals surface area (Å²) in [7, 11) is -3.94. The summed E-state index contributed by atoms with van der Waals surface area (Å²) in [5, 5.41) is 19.6. The standard InChI is InChI=1S/C18H19N5O4S/c1-12-10-14(23(24)25)11-16(13(12)2)28(26,27)22-9-5-6-15(22)18-20-19-17-7-3-4-8-21(17)18/h3-4,7-8,10-11,15H,5-6,9H2,1-2H3. The number of hydrogen-bond acceptors (Lipinski definition) is 6. The Bertz CT molecular complexity index is 1190. The molecule has 1 atom stereocenters. The minimum absolute atomic E-state index is 0.0279. The molecule has 0 amide bonds. The Kier molecular flexibility index (Phi) is 4.39. The van der Waals surface area contributed by atoms with Gasteiger partial charge in [0.15, 0.2) is 11.5 Å². The highest BCUT2D eigenvalue weighted by atomic mass is 32.2. The Morgan fingerprint density at radius 3 is 2.75 bits per heavy atom. The van der Waals surface area contributed by atoms with Crippen LogP contribution >= 0.6 is 0 Å². The van der Waals surface area contributed by atoms with E-state index in [-0.39, 0.29) is 10.6 Å². The number of rotatable bonds is 4. The zero-order valence-electron chi connectivity index (χ0n) is 15.4. The van der Waals surface area contributed by atoms with E-state index < -0.39 is 21.0 Å². The summed E-state index contributed by atoms with van der Waals surface area (Å²) in [5.74, 6) is 0.552. The van der Waals surface area contributed by atoms with Gasteiger partial charge in [0.1, 0.15) is 0 Å². The highest BCUT2D eigenvalue weighted by Gasteiger charge is 2.40. The van der Waals surface area contributed by atoms with Crippen molar-refractivity contribution in [2.24, 2.45) is 0 Å². The normalized spacial score (nSPS) is 18.0. The first-order valence-electron chi connectivity index (χ1n) is 8.88. The Morgan fingerprint density at radius 2 is 2.00 bits per heavy atom. The predicted octanol–water partition coefficient (Wildman–Crippen LogP) is 2.78. The molecule has 9 nitrogen and oxygen atoms in total. The molecular formula is C18H19N5O4S. The predicted molar refractivity (Wildman–Crippen MR) is 101 cm³/mol. The van der Waals surface area contributed by atoms with Crippen LogP contribution in [0, 0.1) is 24.0 Å². The van der Waals surface area contributed by atoms with Crippen LogP contribution in [-0.2, 0) is 10.0 Å². The molecule has 1 unspecified atom stereocenters. The molecule has 0 aliphatic carbocycles. The minimum Gasteiger partial charge on any atom is -0.285 e. The average Bonchev–Trinajstić information content (AvgIpc) is 3.30. The third-order valence-corrected chi connectivity index (χ3v) is 7.28. The van der Waals surface area contributed by atoms with Crippen molar-refractivity contribution in [1.82, 2.24) is 18.9 Å². The molecule has 146 valence electrons. The molecule has 28 heavy (non-hydrogen) atoms. The summed E-state index contributed by atoms with van der Waals surface area (Å²) in [5.41, 5.74) is 1.49. The van der Waals surface area contributed by atoms with Crippen molar-refractivity contribution in [1.29, 1.82) is 0 Å². The van der Waals surface area contributed by atoms with Crippen molar-refractivity contribution < 1.29 is 13.3 Å². The van der Waals surface area contributed by atoms with Gasteiger partial charge in [-0.1, -0.05) is 6.07 Å². The third-order valence-electron chi connectivity index (χ3n) is 5.24. The van der Waals surface area contributed by atoms with Gasteiger partial charge in [0.05, 0.1) is 15.9 Å². The molecule has 0 saturated carbocycles. The van der Waals surface area contributed by atoms with Gasteiger partial charge in [-0.25, -0.2) is 8.42 Å². The molecule has 4 rings (SSSR count). The quantitative estimate of drug-likeness (QED) is 0.491. The lowest BCUT2D eigenvalue weighted by atomic mass is 10.1. The first kappa shape index (κ1) is 18.5. The fourth-order valence-corrected chi connectivity index (χ4v) is 5.66. The Labute approximate surface area is 161 Å². The summed E-state index contributed by atoms with van der Waals surface area (Å²) in [6, 6.07) is 7.55. The molecule has 1 saturated heterocycles. The van der Waals surface area contributed by atoms with E-state index in [0.717, 1.165) is 6.07 Å². The van der Waals surface area contributed by atoms with Crippen LogP contribution in [0.3, 0.4) is 0 Å². The van der Waals surface area contributed by atoms with Crippen molar-refractivity contribution >= 4 is 21.4 Å². The highest BCUT2D eigenvalue weighted by molar-refractivity contribution is 7.89. The molecule has 2 aromatic heterocycles. The van der Waals surface area contributed by atoms with Crippen LogP contribution in [0.5, 0.6) is 0 Å². The molecular weight excluding hydrogens is 382 g/mol. The van der Waals surface area contributed by atoms with Crippen molar-refractivity contribution in [3.63, 3.8) is 0 Å². The summed E-state index contributed by atoms with van der Waals surface area (Å²) < 4.78 is 30.1. The SMILES string of the molecule is Cc1cc([N+](=O)[O-])cc(S(=O)(=O)N2CCCC2c2nnc3ccccn23)c1C. The number of non-ortho nitro benzene ring substituents is 1. The number of sulfonamides is 1. The van der Waals surface area contributed by atoms with E-state index >= 15 is 0 Å². The number of pyridine rings is 1. The van der Waals surface area contributed by atoms with E-state index in [1.54, 1.807) is 30.5 Å². The minimum atomic E-state index is -3.94. The number of aromatic nitrogens is 3. The first-order chi connectivity index (χ1) is 13.3. The number of nitrogens with zero attached hydrogens (tertiary/aromatic N) is 5. The summed E-state index contributed by atoms with van der Waals surface area (Å²) in [6.07, 6.45) is 3.09. The third kappa shape index (κ3) is 2.85. The van der Waals surface area contributed by atoms with Gasteiger partial charge in [-0.2, -0.15) is 4.31 Å². The van der Waals surface area contributed by atoms with Gasteiger partial charge in [-0.15, -0.1) is 10.2 Å². The fraction of sp³-hybridized carbons (Fsp3) is 0.333. The lowest BCUT2D eigenvalue weighted by Crippen LogP contribution is -2.32. The zero-order valence-corrected chi connectivity index (χ0v) is 16.3. The van der Waals surface area contributed by atoms with Crippen molar-refractivity contribution in [2.75, 3.05) is 6.54 Å². The van der Waals surface area contributed by atoms with Crippen molar-refractivity contribution in [2.45, 2.75) is 37.6 Å². The summed E-state index contributed by atoms with van der Waals surface area (Å²) >= 11 is 0. The summed E-state index contributed by atoms with van der Waals surface area (Å²) in [4.78, 5) is 10.6. The second-order valence-corrected chi connectivity index (χ2v) is 8.76. The van der Waals surface area contributed by atoms with Gasteiger partial charge in [0, 0.05) is 24.9 Å². The van der Waals surface area contributed by atoms with Crippen LogP contribution in [0.2, 0.25) is 0 Å². The monoisotopic (exact) mass is 401 g/mol. The molecule has 1 fully saturated rings. The smallest absolute Gasteiger partial charge is 0.271 e. The van der Waals surface area contributed by atoms with Gasteiger partial charge in [-0.3, -0.25) is 14.5 Å². The molecule has 0 radical (unpaired) electrons. The zero-order chi connectivity index (χ0) is 20.1. The van der Waals surface area contributed by atoms with Crippen LogP contribution in [0.15, 0.2) is 41.4 Å². The van der Waals surface area contributed by atoms with E-state index in [2.05, 4.69) is 10.2 Å². The molecule has 0 bridgehead atoms. The second kappa shape index (κ2) is 6.64. The molecule has 1 aromatic carbocycles. The lowest BCUT2D eigenvalue weighted by molar-refractivity contribution is -0.385. The Morgan fingerprint density at radius 1 is 1.21 bits per heavy atom. The number of benzene rings is 1. The number of nitro groups is 1. The largest absolute Gasteiger partial charge is 0.285 e. The Balaban J connectivity index is 1.82. The number of hydrogen-bond donors (Lipinski definition) is 0. The van der Waals surface area contributed by atoms with E-state index in [9.17, 15) is 18.5 Å². The first-order valence-corrected chi connectivity index (χ1v) is 10.3. The molecule has 0 spiro atoms. The van der Waals surface area contributed by atoms with Gasteiger partial charge < -0.3 is 0 Å². The molecule has 3 heterocycles. The van der Waals surface area contributed by atoms with Crippen LogP contribution in [0.25, 0.3) is 5.65 Å². The topological polar surface area (TPSA) is 111 Å². The Hall–Kier alpha value is -2.85. The molecule has 1 aliphatic heterocycles. The van der Waals surface area contributed by atoms with Crippen LogP contribution < -0.4 is 0 Å². The average molecular weight is 401 g/mol. The van der Waals surface area contributed by atoms with Crippen LogP contribution in [0.4, 0.5) is 5.69 Å². The maximum atomic E-state index is 13.5. The van der Waals surface area contributed by atoms with Gasteiger partial charge in [-0.05, 0) is 49.9 Å². The fourth-order valence-electron chi connectivity index (χ4n) is 3.68. The molecule has 1 aliphatic rings. The maximum absolute atomic E-state index is 13.5. The second-order valence-electron chi connectivity index (χ2n) is 6.90. The van der Waals surface area contributed by atoms with Gasteiger partial charge in [0.2, 0.25) is 10.0 Å².